The summed E-state index contributed by atoms with van der Waals surface area (Å²) in [5, 5.41) is 0. The molecule has 1 aliphatic rings. The number of hydrogen-bond donors (Lipinski definition) is 0. The number of hydrogen-bond acceptors (Lipinski definition) is 2. The number of benzene rings is 1. The van der Waals surface area contributed by atoms with E-state index in [-0.39, 0.29) is 5.41 Å². The average Bonchev–Trinajstić information content (AvgIpc) is 2.26. The van der Waals surface area contributed by atoms with E-state index in [4.69, 9.17) is 4.74 Å². The lowest BCUT2D eigenvalue weighted by Crippen LogP contribution is -2.39. The van der Waals surface area contributed by atoms with Gasteiger partial charge < -0.3 is 4.74 Å². The monoisotopic (exact) mass is 216 g/mol. The van der Waals surface area contributed by atoms with E-state index in [1.165, 1.54) is 5.56 Å². The molecule has 2 heteroatoms. The zero-order valence-corrected chi connectivity index (χ0v) is 9.75. The first-order valence-electron chi connectivity index (χ1n) is 5.42. The third-order valence-corrected chi connectivity index (χ3v) is 3.31. The van der Waals surface area contributed by atoms with Gasteiger partial charge in [0.1, 0.15) is 11.5 Å². The van der Waals surface area contributed by atoms with E-state index in [9.17, 15) is 4.79 Å². The molecule has 0 aliphatic heterocycles. The molecule has 0 amide bonds. The number of ether oxygens (including phenoxy) is 1. The van der Waals surface area contributed by atoms with E-state index in [1.807, 2.05) is 24.3 Å². The minimum absolute atomic E-state index is 0.0326. The molecule has 0 aromatic heterocycles. The van der Waals surface area contributed by atoms with Crippen molar-refractivity contribution in [1.29, 1.82) is 0 Å². The Balaban J connectivity index is 2.45. The number of methoxy groups -OCH3 is 1. The summed E-state index contributed by atoms with van der Waals surface area (Å²) in [4.78, 5) is 11.2. The van der Waals surface area contributed by atoms with Crippen molar-refractivity contribution in [3.8, 4) is 5.75 Å². The Morgan fingerprint density at radius 3 is 2.62 bits per heavy atom. The van der Waals surface area contributed by atoms with Crippen molar-refractivity contribution in [3.63, 3.8) is 0 Å². The lowest BCUT2D eigenvalue weighted by atomic mass is 9.64. The molecular weight excluding hydrogens is 200 g/mol. The summed E-state index contributed by atoms with van der Waals surface area (Å²) in [7, 11) is 1.65. The van der Waals surface area contributed by atoms with Crippen LogP contribution in [0.1, 0.15) is 30.9 Å². The molecule has 16 heavy (non-hydrogen) atoms. The van der Waals surface area contributed by atoms with Gasteiger partial charge in [0, 0.05) is 18.3 Å². The predicted octanol–water partition coefficient (Wildman–Crippen LogP) is 2.96. The highest BCUT2D eigenvalue weighted by Crippen LogP contribution is 2.43. The predicted molar refractivity (Wildman–Crippen MR) is 64.7 cm³/mol. The van der Waals surface area contributed by atoms with E-state index in [1.54, 1.807) is 7.11 Å². The van der Waals surface area contributed by atoms with Crippen LogP contribution in [0.5, 0.6) is 5.75 Å². The van der Waals surface area contributed by atoms with E-state index in [0.29, 0.717) is 18.6 Å². The molecule has 0 spiro atoms. The first-order valence-corrected chi connectivity index (χ1v) is 5.42. The molecule has 0 saturated heterocycles. The Labute approximate surface area is 95.9 Å². The molecule has 0 atom stereocenters. The number of Topliss-reactive ketones (excluding diaryl/α,β-unsaturated/α-hetero) is 1. The summed E-state index contributed by atoms with van der Waals surface area (Å²) in [6, 6.07) is 5.93. The van der Waals surface area contributed by atoms with Gasteiger partial charge in [-0.3, -0.25) is 4.79 Å². The highest BCUT2D eigenvalue weighted by molar-refractivity contribution is 5.89. The molecule has 0 radical (unpaired) electrons. The van der Waals surface area contributed by atoms with Crippen molar-refractivity contribution in [1.82, 2.24) is 0 Å². The van der Waals surface area contributed by atoms with E-state index < -0.39 is 0 Å². The standard InChI is InChI=1S/C14H16O2/c1-4-10-5-6-12(16-3)7-13(10)14(2)8-11(15)9-14/h4-7H,1,8-9H2,2-3H3. The first-order chi connectivity index (χ1) is 7.59. The number of carbonyl (C=O) groups is 1. The van der Waals surface area contributed by atoms with Gasteiger partial charge in [-0.05, 0) is 23.3 Å². The van der Waals surface area contributed by atoms with Gasteiger partial charge in [-0.15, -0.1) is 0 Å². The normalized spacial score (nSPS) is 17.8. The maximum absolute atomic E-state index is 11.2. The maximum Gasteiger partial charge on any atom is 0.134 e. The molecule has 1 aliphatic carbocycles. The summed E-state index contributed by atoms with van der Waals surface area (Å²) in [6.07, 6.45) is 3.09. The van der Waals surface area contributed by atoms with Gasteiger partial charge >= 0.3 is 0 Å². The Kier molecular flexibility index (Phi) is 2.58. The van der Waals surface area contributed by atoms with E-state index in [0.717, 1.165) is 11.3 Å². The van der Waals surface area contributed by atoms with Crippen LogP contribution in [0.3, 0.4) is 0 Å². The molecule has 84 valence electrons. The molecule has 2 rings (SSSR count). The molecule has 0 unspecified atom stereocenters. The smallest absolute Gasteiger partial charge is 0.134 e. The van der Waals surface area contributed by atoms with Gasteiger partial charge in [0.2, 0.25) is 0 Å². The number of rotatable bonds is 3. The Morgan fingerprint density at radius 2 is 2.12 bits per heavy atom. The van der Waals surface area contributed by atoms with Crippen LogP contribution in [0.25, 0.3) is 6.08 Å². The van der Waals surface area contributed by atoms with Crippen molar-refractivity contribution in [2.24, 2.45) is 0 Å². The molecule has 0 bridgehead atoms. The van der Waals surface area contributed by atoms with Crippen molar-refractivity contribution < 1.29 is 9.53 Å². The Hall–Kier alpha value is -1.57. The van der Waals surface area contributed by atoms with Crippen LogP contribution in [0.2, 0.25) is 0 Å². The third-order valence-electron chi connectivity index (χ3n) is 3.31. The average molecular weight is 216 g/mol. The van der Waals surface area contributed by atoms with Crippen LogP contribution >= 0.6 is 0 Å². The minimum atomic E-state index is -0.0326. The van der Waals surface area contributed by atoms with Crippen molar-refractivity contribution >= 4 is 11.9 Å². The minimum Gasteiger partial charge on any atom is -0.497 e. The lowest BCUT2D eigenvalue weighted by molar-refractivity contribution is -0.127. The van der Waals surface area contributed by atoms with Gasteiger partial charge in [0.25, 0.3) is 0 Å². The number of ketones is 1. The Bertz CT molecular complexity index is 438. The van der Waals surface area contributed by atoms with Crippen LogP contribution < -0.4 is 4.74 Å². The van der Waals surface area contributed by atoms with Gasteiger partial charge in [-0.1, -0.05) is 25.6 Å². The SMILES string of the molecule is C=Cc1ccc(OC)cc1C1(C)CC(=O)C1. The topological polar surface area (TPSA) is 26.3 Å². The summed E-state index contributed by atoms with van der Waals surface area (Å²) in [5.41, 5.74) is 2.23. The highest BCUT2D eigenvalue weighted by atomic mass is 16.5. The molecule has 0 heterocycles. The second kappa shape index (κ2) is 3.78. The molecule has 1 fully saturated rings. The molecule has 1 saturated carbocycles. The number of carbonyl (C=O) groups excluding carboxylic acids is 1. The molecule has 2 nitrogen and oxygen atoms in total. The van der Waals surface area contributed by atoms with Crippen LogP contribution in [-0.2, 0) is 10.2 Å². The van der Waals surface area contributed by atoms with E-state index >= 15 is 0 Å². The summed E-state index contributed by atoms with van der Waals surface area (Å²) in [5.74, 6) is 1.17. The lowest BCUT2D eigenvalue weighted by Gasteiger charge is -2.38. The molecule has 0 N–H and O–H groups in total. The van der Waals surface area contributed by atoms with Crippen molar-refractivity contribution in [3.05, 3.63) is 35.9 Å². The van der Waals surface area contributed by atoms with Gasteiger partial charge in [-0.25, -0.2) is 0 Å². The highest BCUT2D eigenvalue weighted by Gasteiger charge is 2.41. The maximum atomic E-state index is 11.2. The fourth-order valence-corrected chi connectivity index (χ4v) is 2.37. The second-order valence-corrected chi connectivity index (χ2v) is 4.61. The van der Waals surface area contributed by atoms with Crippen LogP contribution in [-0.4, -0.2) is 12.9 Å². The molecular formula is C14H16O2. The van der Waals surface area contributed by atoms with Crippen molar-refractivity contribution in [2.75, 3.05) is 7.11 Å². The van der Waals surface area contributed by atoms with Crippen LogP contribution in [0.4, 0.5) is 0 Å². The fraction of sp³-hybridized carbons (Fsp3) is 0.357. The molecule has 1 aromatic rings. The summed E-state index contributed by atoms with van der Waals surface area (Å²) >= 11 is 0. The molecule has 1 aromatic carbocycles. The van der Waals surface area contributed by atoms with Crippen LogP contribution in [0.15, 0.2) is 24.8 Å². The largest absolute Gasteiger partial charge is 0.497 e. The second-order valence-electron chi connectivity index (χ2n) is 4.61. The Morgan fingerprint density at radius 1 is 1.44 bits per heavy atom. The van der Waals surface area contributed by atoms with Gasteiger partial charge in [0.05, 0.1) is 7.11 Å². The first kappa shape index (κ1) is 10.9. The third kappa shape index (κ3) is 1.64. The summed E-state index contributed by atoms with van der Waals surface area (Å²) < 4.78 is 5.23. The van der Waals surface area contributed by atoms with Crippen molar-refractivity contribution in [2.45, 2.75) is 25.2 Å². The van der Waals surface area contributed by atoms with Crippen LogP contribution in [0, 0.1) is 0 Å². The van der Waals surface area contributed by atoms with Gasteiger partial charge in [0.15, 0.2) is 0 Å². The zero-order chi connectivity index (χ0) is 11.8. The quantitative estimate of drug-likeness (QED) is 0.776. The fourth-order valence-electron chi connectivity index (χ4n) is 2.37. The van der Waals surface area contributed by atoms with Gasteiger partial charge in [-0.2, -0.15) is 0 Å². The van der Waals surface area contributed by atoms with E-state index in [2.05, 4.69) is 13.5 Å². The summed E-state index contributed by atoms with van der Waals surface area (Å²) in [6.45, 7) is 5.93. The zero-order valence-electron chi connectivity index (χ0n) is 9.75.